The highest BCUT2D eigenvalue weighted by Crippen LogP contribution is 2.46. The number of rotatable bonds is 7. The van der Waals surface area contributed by atoms with Crippen LogP contribution in [0, 0.1) is 11.8 Å². The van der Waals surface area contributed by atoms with Gasteiger partial charge in [-0.05, 0) is 115 Å². The minimum Gasteiger partial charge on any atom is -0.465 e. The molecule has 1 aromatic heterocycles. The Bertz CT molecular complexity index is 1180. The SMILES string of the molecule is COC(=O)c1ccc(C2=C/CCC3CC(C/C(c4ccco4)=C\2CCCc2ccccc2)C3)cc1. The van der Waals surface area contributed by atoms with Crippen LogP contribution in [0.2, 0.25) is 0 Å². The molecule has 3 aliphatic carbocycles. The molecule has 1 heterocycles. The second-order valence-electron chi connectivity index (χ2n) is 9.95. The second-order valence-corrected chi connectivity index (χ2v) is 9.95. The highest BCUT2D eigenvalue weighted by atomic mass is 16.5. The quantitative estimate of drug-likeness (QED) is 0.330. The molecule has 0 unspecified atom stereocenters. The van der Waals surface area contributed by atoms with E-state index in [1.807, 2.05) is 18.2 Å². The average Bonchev–Trinajstić information content (AvgIpc) is 3.41. The van der Waals surface area contributed by atoms with E-state index in [4.69, 9.17) is 9.15 Å². The zero-order chi connectivity index (χ0) is 24.0. The highest BCUT2D eigenvalue weighted by Gasteiger charge is 2.32. The van der Waals surface area contributed by atoms with E-state index in [0.29, 0.717) is 5.56 Å². The Morgan fingerprint density at radius 1 is 0.943 bits per heavy atom. The summed E-state index contributed by atoms with van der Waals surface area (Å²) in [6.07, 6.45) is 13.4. The summed E-state index contributed by atoms with van der Waals surface area (Å²) in [7, 11) is 1.43. The lowest BCUT2D eigenvalue weighted by molar-refractivity contribution is 0.0600. The Balaban J connectivity index is 1.54. The maximum Gasteiger partial charge on any atom is 0.337 e. The van der Waals surface area contributed by atoms with Crippen LogP contribution in [0.4, 0.5) is 0 Å². The van der Waals surface area contributed by atoms with E-state index in [1.165, 1.54) is 48.7 Å². The van der Waals surface area contributed by atoms with Crippen molar-refractivity contribution >= 4 is 17.1 Å². The number of carbonyl (C=O) groups excluding carboxylic acids is 1. The van der Waals surface area contributed by atoms with Crippen LogP contribution >= 0.6 is 0 Å². The van der Waals surface area contributed by atoms with E-state index in [2.05, 4.69) is 54.6 Å². The Labute approximate surface area is 208 Å². The van der Waals surface area contributed by atoms with Crippen LogP contribution in [-0.4, -0.2) is 13.1 Å². The molecule has 2 bridgehead atoms. The third-order valence-corrected chi connectivity index (χ3v) is 7.61. The van der Waals surface area contributed by atoms with Gasteiger partial charge in [0.05, 0.1) is 18.9 Å². The summed E-state index contributed by atoms with van der Waals surface area (Å²) in [4.78, 5) is 12.0. The summed E-state index contributed by atoms with van der Waals surface area (Å²) >= 11 is 0. The monoisotopic (exact) mass is 466 g/mol. The third-order valence-electron chi connectivity index (χ3n) is 7.61. The molecule has 0 amide bonds. The first-order chi connectivity index (χ1) is 17.2. The maximum atomic E-state index is 12.0. The molecule has 0 spiro atoms. The number of esters is 1. The predicted molar refractivity (Wildman–Crippen MR) is 141 cm³/mol. The largest absolute Gasteiger partial charge is 0.465 e. The molecule has 0 radical (unpaired) electrons. The molecular weight excluding hydrogens is 432 g/mol. The molecule has 35 heavy (non-hydrogen) atoms. The predicted octanol–water partition coefficient (Wildman–Crippen LogP) is 8.14. The van der Waals surface area contributed by atoms with Crippen molar-refractivity contribution in [1.82, 2.24) is 0 Å². The molecule has 0 N–H and O–H groups in total. The normalized spacial score (nSPS) is 23.6. The van der Waals surface area contributed by atoms with Crippen molar-refractivity contribution in [1.29, 1.82) is 0 Å². The minimum absolute atomic E-state index is 0.300. The molecule has 6 rings (SSSR count). The van der Waals surface area contributed by atoms with Gasteiger partial charge in [0, 0.05) is 0 Å². The molecule has 3 nitrogen and oxygen atoms in total. The number of aryl methyl sites for hydroxylation is 1. The molecule has 3 aromatic rings. The van der Waals surface area contributed by atoms with Gasteiger partial charge in [-0.15, -0.1) is 0 Å². The molecule has 0 atom stereocenters. The fourth-order valence-corrected chi connectivity index (χ4v) is 5.73. The van der Waals surface area contributed by atoms with Crippen LogP contribution in [0.25, 0.3) is 11.1 Å². The summed E-state index contributed by atoms with van der Waals surface area (Å²) in [6.45, 7) is 0. The number of benzene rings is 2. The summed E-state index contributed by atoms with van der Waals surface area (Å²) < 4.78 is 10.9. The van der Waals surface area contributed by atoms with Crippen LogP contribution in [0.1, 0.15) is 72.2 Å². The van der Waals surface area contributed by atoms with Gasteiger partial charge in [-0.2, -0.15) is 0 Å². The topological polar surface area (TPSA) is 39.4 Å². The van der Waals surface area contributed by atoms with Crippen molar-refractivity contribution in [3.05, 3.63) is 107 Å². The first-order valence-corrected chi connectivity index (χ1v) is 12.9. The molecule has 0 saturated heterocycles. The van der Waals surface area contributed by atoms with E-state index in [1.54, 1.807) is 6.26 Å². The fourth-order valence-electron chi connectivity index (χ4n) is 5.73. The summed E-state index contributed by atoms with van der Waals surface area (Å²) in [5.74, 6) is 2.29. The van der Waals surface area contributed by atoms with Crippen molar-refractivity contribution in [3.63, 3.8) is 0 Å². The fraction of sp³-hybridized carbons (Fsp3) is 0.344. The molecule has 3 heteroatoms. The highest BCUT2D eigenvalue weighted by molar-refractivity contribution is 5.92. The van der Waals surface area contributed by atoms with Gasteiger partial charge >= 0.3 is 5.97 Å². The molecule has 1 fully saturated rings. The molecule has 1 saturated carbocycles. The van der Waals surface area contributed by atoms with Crippen LogP contribution in [-0.2, 0) is 11.2 Å². The standard InChI is InChI=1S/C32H34O3/c1-34-32(33)27-17-15-26(16-18-27)28-12-6-11-24-20-25(21-24)22-30(31-14-7-19-35-31)29(28)13-5-10-23-8-3-2-4-9-23/h2-4,7-9,12,14-19,24-25H,5-6,10-11,13,20-22H2,1H3/b28-12-,30-29+. The van der Waals surface area contributed by atoms with Crippen molar-refractivity contribution in [3.8, 4) is 0 Å². The lowest BCUT2D eigenvalue weighted by Crippen LogP contribution is -2.24. The molecule has 0 aliphatic heterocycles. The lowest BCUT2D eigenvalue weighted by Gasteiger charge is -2.37. The van der Waals surface area contributed by atoms with Gasteiger partial charge in [0.1, 0.15) is 5.76 Å². The number of fused-ring (bicyclic) bond motifs is 4. The molecule has 2 aromatic carbocycles. The van der Waals surface area contributed by atoms with E-state index in [9.17, 15) is 4.79 Å². The van der Waals surface area contributed by atoms with E-state index >= 15 is 0 Å². The van der Waals surface area contributed by atoms with Gasteiger partial charge in [-0.1, -0.05) is 48.5 Å². The van der Waals surface area contributed by atoms with Crippen molar-refractivity contribution in [2.45, 2.75) is 51.4 Å². The maximum absolute atomic E-state index is 12.0. The van der Waals surface area contributed by atoms with Gasteiger partial charge in [0.2, 0.25) is 0 Å². The number of methoxy groups -OCH3 is 1. The zero-order valence-corrected chi connectivity index (χ0v) is 20.5. The van der Waals surface area contributed by atoms with E-state index in [-0.39, 0.29) is 5.97 Å². The van der Waals surface area contributed by atoms with E-state index in [0.717, 1.165) is 55.3 Å². The summed E-state index contributed by atoms with van der Waals surface area (Å²) in [6, 6.07) is 22.8. The smallest absolute Gasteiger partial charge is 0.337 e. The Morgan fingerprint density at radius 3 is 2.46 bits per heavy atom. The van der Waals surface area contributed by atoms with Crippen molar-refractivity contribution in [2.24, 2.45) is 11.8 Å². The lowest BCUT2D eigenvalue weighted by atomic mass is 9.68. The summed E-state index contributed by atoms with van der Waals surface area (Å²) in [5, 5.41) is 0. The van der Waals surface area contributed by atoms with Crippen molar-refractivity contribution in [2.75, 3.05) is 7.11 Å². The Morgan fingerprint density at radius 2 is 1.74 bits per heavy atom. The average molecular weight is 467 g/mol. The molecule has 180 valence electrons. The van der Waals surface area contributed by atoms with Crippen LogP contribution < -0.4 is 0 Å². The van der Waals surface area contributed by atoms with Crippen LogP contribution in [0.5, 0.6) is 0 Å². The van der Waals surface area contributed by atoms with E-state index < -0.39 is 0 Å². The van der Waals surface area contributed by atoms with Crippen molar-refractivity contribution < 1.29 is 13.9 Å². The Kier molecular flexibility index (Phi) is 7.32. The molecule has 3 aliphatic rings. The molecular formula is C32H34O3. The zero-order valence-electron chi connectivity index (χ0n) is 20.5. The van der Waals surface area contributed by atoms with Gasteiger partial charge in [0.25, 0.3) is 0 Å². The van der Waals surface area contributed by atoms with Crippen LogP contribution in [0.3, 0.4) is 0 Å². The van der Waals surface area contributed by atoms with Gasteiger partial charge in [-0.25, -0.2) is 4.79 Å². The number of furan rings is 1. The Hall–Kier alpha value is -3.33. The number of ether oxygens (including phenoxy) is 1. The number of hydrogen-bond acceptors (Lipinski definition) is 3. The summed E-state index contributed by atoms with van der Waals surface area (Å²) in [5.41, 5.74) is 7.16. The van der Waals surface area contributed by atoms with Gasteiger partial charge in [-0.3, -0.25) is 0 Å². The number of carbonyl (C=O) groups is 1. The third kappa shape index (κ3) is 5.51. The van der Waals surface area contributed by atoms with Gasteiger partial charge in [0.15, 0.2) is 0 Å². The second kappa shape index (κ2) is 10.9. The minimum atomic E-state index is -0.300. The number of allylic oxidation sites excluding steroid dienone is 4. The first kappa shape index (κ1) is 23.4. The first-order valence-electron chi connectivity index (χ1n) is 12.9. The van der Waals surface area contributed by atoms with Crippen LogP contribution in [0.15, 0.2) is 89.1 Å². The number of hydrogen-bond donors (Lipinski definition) is 0. The van der Waals surface area contributed by atoms with Gasteiger partial charge < -0.3 is 9.15 Å².